The number of hydrogen-bond donors (Lipinski definition) is 3. The lowest BCUT2D eigenvalue weighted by molar-refractivity contribution is 0.0754. The fourth-order valence-corrected chi connectivity index (χ4v) is 2.10. The van der Waals surface area contributed by atoms with Crippen molar-refractivity contribution in [3.05, 3.63) is 16.6 Å². The molecule has 3 N–H and O–H groups in total. The molecular weight excluding hydrogens is 214 g/mol. The molecular formula is C9H13N3O2S. The molecule has 1 fully saturated rings. The molecule has 15 heavy (non-hydrogen) atoms. The van der Waals surface area contributed by atoms with Crippen molar-refractivity contribution in [1.82, 2.24) is 15.6 Å². The number of carbonyl (C=O) groups is 1. The first-order valence-corrected chi connectivity index (χ1v) is 5.74. The number of hydrogen-bond acceptors (Lipinski definition) is 5. The van der Waals surface area contributed by atoms with Gasteiger partial charge in [-0.3, -0.25) is 4.79 Å². The monoisotopic (exact) mass is 227 g/mol. The molecule has 2 heterocycles. The van der Waals surface area contributed by atoms with Crippen LogP contribution in [0.25, 0.3) is 0 Å². The van der Waals surface area contributed by atoms with Crippen molar-refractivity contribution in [3.8, 4) is 0 Å². The molecule has 0 aromatic carbocycles. The van der Waals surface area contributed by atoms with Crippen LogP contribution in [0.1, 0.15) is 16.2 Å². The Kier molecular flexibility index (Phi) is 3.30. The van der Waals surface area contributed by atoms with Crippen molar-refractivity contribution in [3.63, 3.8) is 0 Å². The summed E-state index contributed by atoms with van der Waals surface area (Å²) in [6.07, 6.45) is 1.80. The molecule has 1 amide bonds. The fourth-order valence-electron chi connectivity index (χ4n) is 1.56. The van der Waals surface area contributed by atoms with Crippen LogP contribution in [0.5, 0.6) is 0 Å². The lowest BCUT2D eigenvalue weighted by atomic mass is 10.0. The zero-order chi connectivity index (χ0) is 10.7. The topological polar surface area (TPSA) is 74.2 Å². The smallest absolute Gasteiger partial charge is 0.280 e. The zero-order valence-corrected chi connectivity index (χ0v) is 8.96. The molecule has 0 aliphatic carbocycles. The Labute approximate surface area is 91.5 Å². The van der Waals surface area contributed by atoms with E-state index in [1.807, 2.05) is 0 Å². The number of aliphatic hydroxyl groups is 1. The Balaban J connectivity index is 1.93. The molecule has 6 heteroatoms. The van der Waals surface area contributed by atoms with Crippen LogP contribution < -0.4 is 10.6 Å². The molecule has 2 rings (SSSR count). The van der Waals surface area contributed by atoms with Gasteiger partial charge >= 0.3 is 0 Å². The third-order valence-corrected chi connectivity index (χ3v) is 3.16. The molecule has 82 valence electrons. The summed E-state index contributed by atoms with van der Waals surface area (Å²) in [6.45, 7) is 1.41. The summed E-state index contributed by atoms with van der Waals surface area (Å²) in [5.41, 5.74) is 0. The van der Waals surface area contributed by atoms with Gasteiger partial charge < -0.3 is 15.7 Å². The Morgan fingerprint density at radius 1 is 1.73 bits per heavy atom. The Bertz CT molecular complexity index is 328. The van der Waals surface area contributed by atoms with Crippen molar-refractivity contribution in [2.24, 2.45) is 0 Å². The summed E-state index contributed by atoms with van der Waals surface area (Å²) in [5, 5.41) is 17.7. The summed E-state index contributed by atoms with van der Waals surface area (Å²) in [4.78, 5) is 15.5. The second kappa shape index (κ2) is 4.69. The van der Waals surface area contributed by atoms with Crippen molar-refractivity contribution >= 4 is 17.2 Å². The van der Waals surface area contributed by atoms with E-state index in [1.165, 1.54) is 11.3 Å². The number of amides is 1. The molecule has 1 aliphatic rings. The van der Waals surface area contributed by atoms with Crippen LogP contribution in [0.3, 0.4) is 0 Å². The molecule has 0 bridgehead atoms. The van der Waals surface area contributed by atoms with Gasteiger partial charge in [0.15, 0.2) is 5.01 Å². The van der Waals surface area contributed by atoms with Gasteiger partial charge in [0.1, 0.15) is 0 Å². The van der Waals surface area contributed by atoms with E-state index in [4.69, 9.17) is 0 Å². The Morgan fingerprint density at radius 3 is 3.27 bits per heavy atom. The predicted octanol–water partition coefficient (Wildman–Crippen LogP) is -0.404. The molecule has 1 aromatic rings. The van der Waals surface area contributed by atoms with Crippen molar-refractivity contribution in [1.29, 1.82) is 0 Å². The molecule has 1 aromatic heterocycles. The van der Waals surface area contributed by atoms with Crippen LogP contribution in [0.2, 0.25) is 0 Å². The maximum atomic E-state index is 11.6. The first-order valence-electron chi connectivity index (χ1n) is 4.86. The maximum absolute atomic E-state index is 11.6. The molecule has 5 nitrogen and oxygen atoms in total. The van der Waals surface area contributed by atoms with Crippen LogP contribution in [0.15, 0.2) is 11.6 Å². The van der Waals surface area contributed by atoms with Crippen LogP contribution in [0, 0.1) is 0 Å². The van der Waals surface area contributed by atoms with E-state index < -0.39 is 6.10 Å². The molecule has 0 saturated carbocycles. The van der Waals surface area contributed by atoms with Crippen LogP contribution in [0.4, 0.5) is 0 Å². The van der Waals surface area contributed by atoms with E-state index in [9.17, 15) is 9.90 Å². The average molecular weight is 227 g/mol. The van der Waals surface area contributed by atoms with Gasteiger partial charge in [0.05, 0.1) is 12.1 Å². The summed E-state index contributed by atoms with van der Waals surface area (Å²) < 4.78 is 0. The maximum Gasteiger partial charge on any atom is 0.280 e. The molecule has 0 radical (unpaired) electrons. The highest BCUT2D eigenvalue weighted by molar-refractivity contribution is 7.11. The van der Waals surface area contributed by atoms with Crippen LogP contribution in [-0.4, -0.2) is 41.2 Å². The van der Waals surface area contributed by atoms with Gasteiger partial charge in [-0.05, 0) is 13.0 Å². The Hall–Kier alpha value is -0.980. The van der Waals surface area contributed by atoms with Crippen LogP contribution >= 0.6 is 11.3 Å². The minimum atomic E-state index is -0.463. The SMILES string of the molecule is O=C(NC1CNCCC1O)c1nccs1. The number of aliphatic hydroxyl groups excluding tert-OH is 1. The van der Waals surface area contributed by atoms with E-state index in [0.29, 0.717) is 18.0 Å². The number of nitrogens with one attached hydrogen (secondary N) is 2. The van der Waals surface area contributed by atoms with Gasteiger partial charge in [-0.15, -0.1) is 11.3 Å². The number of piperidine rings is 1. The normalized spacial score (nSPS) is 26.2. The van der Waals surface area contributed by atoms with Gasteiger partial charge in [0, 0.05) is 18.1 Å². The third-order valence-electron chi connectivity index (χ3n) is 2.39. The van der Waals surface area contributed by atoms with E-state index in [2.05, 4.69) is 15.6 Å². The van der Waals surface area contributed by atoms with Crippen LogP contribution in [-0.2, 0) is 0 Å². The number of carbonyl (C=O) groups excluding carboxylic acids is 1. The number of rotatable bonds is 2. The molecule has 0 spiro atoms. The van der Waals surface area contributed by atoms with Gasteiger partial charge in [0.2, 0.25) is 0 Å². The zero-order valence-electron chi connectivity index (χ0n) is 8.14. The van der Waals surface area contributed by atoms with Gasteiger partial charge in [-0.1, -0.05) is 0 Å². The standard InChI is InChI=1S/C9H13N3O2S/c13-7-1-2-10-5-6(7)12-8(14)9-11-3-4-15-9/h3-4,6-7,10,13H,1-2,5H2,(H,12,14). The first kappa shape index (κ1) is 10.5. The average Bonchev–Trinajstić information content (AvgIpc) is 2.74. The Morgan fingerprint density at radius 2 is 2.60 bits per heavy atom. The minimum absolute atomic E-state index is 0.210. The quantitative estimate of drug-likeness (QED) is 0.642. The number of aromatic nitrogens is 1. The van der Waals surface area contributed by atoms with E-state index in [1.54, 1.807) is 11.6 Å². The van der Waals surface area contributed by atoms with Crippen molar-refractivity contribution < 1.29 is 9.90 Å². The fraction of sp³-hybridized carbons (Fsp3) is 0.556. The summed E-state index contributed by atoms with van der Waals surface area (Å²) in [6, 6.07) is -0.213. The molecule has 1 aliphatic heterocycles. The highest BCUT2D eigenvalue weighted by atomic mass is 32.1. The molecule has 2 atom stereocenters. The second-order valence-electron chi connectivity index (χ2n) is 3.48. The largest absolute Gasteiger partial charge is 0.391 e. The molecule has 1 saturated heterocycles. The second-order valence-corrected chi connectivity index (χ2v) is 4.37. The van der Waals surface area contributed by atoms with E-state index in [0.717, 1.165) is 6.54 Å². The van der Waals surface area contributed by atoms with E-state index in [-0.39, 0.29) is 11.9 Å². The van der Waals surface area contributed by atoms with Gasteiger partial charge in [0.25, 0.3) is 5.91 Å². The van der Waals surface area contributed by atoms with E-state index >= 15 is 0 Å². The highest BCUT2D eigenvalue weighted by Gasteiger charge is 2.25. The predicted molar refractivity (Wildman–Crippen MR) is 56.9 cm³/mol. The molecule has 2 unspecified atom stereocenters. The summed E-state index contributed by atoms with van der Waals surface area (Å²) in [5.74, 6) is -0.210. The number of thiazole rings is 1. The minimum Gasteiger partial charge on any atom is -0.391 e. The highest BCUT2D eigenvalue weighted by Crippen LogP contribution is 2.07. The van der Waals surface area contributed by atoms with Gasteiger partial charge in [-0.2, -0.15) is 0 Å². The third kappa shape index (κ3) is 2.53. The number of nitrogens with zero attached hydrogens (tertiary/aromatic N) is 1. The van der Waals surface area contributed by atoms with Crippen molar-refractivity contribution in [2.75, 3.05) is 13.1 Å². The van der Waals surface area contributed by atoms with Crippen molar-refractivity contribution in [2.45, 2.75) is 18.6 Å². The summed E-state index contributed by atoms with van der Waals surface area (Å²) in [7, 11) is 0. The summed E-state index contributed by atoms with van der Waals surface area (Å²) >= 11 is 1.30. The lowest BCUT2D eigenvalue weighted by Gasteiger charge is -2.28. The lowest BCUT2D eigenvalue weighted by Crippen LogP contribution is -2.53. The van der Waals surface area contributed by atoms with Gasteiger partial charge in [-0.25, -0.2) is 4.98 Å². The first-order chi connectivity index (χ1) is 7.27.